The van der Waals surface area contributed by atoms with E-state index in [2.05, 4.69) is 43.2 Å². The number of anilines is 1. The van der Waals surface area contributed by atoms with Gasteiger partial charge in [0.1, 0.15) is 0 Å². The molecule has 0 aliphatic carbocycles. The van der Waals surface area contributed by atoms with Crippen molar-refractivity contribution in [1.82, 2.24) is 15.5 Å². The quantitative estimate of drug-likeness (QED) is 0.849. The fourth-order valence-electron chi connectivity index (χ4n) is 1.64. The molecule has 1 aromatic heterocycles. The van der Waals surface area contributed by atoms with Gasteiger partial charge < -0.3 is 14.7 Å². The molecular weight excluding hydrogens is 216 g/mol. The van der Waals surface area contributed by atoms with Crippen LogP contribution in [0.3, 0.4) is 0 Å². The fourth-order valence-corrected chi connectivity index (χ4v) is 1.64. The van der Waals surface area contributed by atoms with Crippen molar-refractivity contribution in [2.75, 3.05) is 25.5 Å². The minimum atomic E-state index is 0.167. The van der Waals surface area contributed by atoms with Crippen molar-refractivity contribution in [1.29, 1.82) is 0 Å². The number of hydrogen-bond acceptors (Lipinski definition) is 5. The van der Waals surface area contributed by atoms with Gasteiger partial charge in [0.15, 0.2) is 0 Å². The topological polar surface area (TPSA) is 54.2 Å². The Morgan fingerprint density at radius 1 is 1.41 bits per heavy atom. The van der Waals surface area contributed by atoms with E-state index in [-0.39, 0.29) is 5.41 Å². The Morgan fingerprint density at radius 3 is 2.53 bits per heavy atom. The van der Waals surface area contributed by atoms with Crippen molar-refractivity contribution in [2.24, 2.45) is 5.41 Å². The highest BCUT2D eigenvalue weighted by molar-refractivity contribution is 5.25. The lowest BCUT2D eigenvalue weighted by Gasteiger charge is -2.29. The molecule has 0 saturated heterocycles. The number of nitrogens with one attached hydrogen (secondary N) is 1. The molecule has 0 aliphatic rings. The number of aromatic nitrogens is 2. The molecular formula is C12H24N4O. The van der Waals surface area contributed by atoms with E-state index in [1.165, 1.54) is 0 Å². The number of rotatable bonds is 5. The van der Waals surface area contributed by atoms with Gasteiger partial charge in [-0.3, -0.25) is 0 Å². The molecule has 0 amide bonds. The van der Waals surface area contributed by atoms with E-state index in [4.69, 9.17) is 4.52 Å². The zero-order valence-corrected chi connectivity index (χ0v) is 11.7. The summed E-state index contributed by atoms with van der Waals surface area (Å²) in [7, 11) is 3.92. The van der Waals surface area contributed by atoms with Crippen LogP contribution in [0.1, 0.15) is 33.6 Å². The summed E-state index contributed by atoms with van der Waals surface area (Å²) in [4.78, 5) is 6.35. The summed E-state index contributed by atoms with van der Waals surface area (Å²) in [5, 5.41) is 7.27. The molecule has 5 nitrogen and oxygen atoms in total. The lowest BCUT2D eigenvalue weighted by Crippen LogP contribution is -2.39. The Balaban J connectivity index is 2.71. The minimum absolute atomic E-state index is 0.167. The van der Waals surface area contributed by atoms with Crippen LogP contribution in [-0.2, 0) is 6.42 Å². The van der Waals surface area contributed by atoms with Gasteiger partial charge in [-0.25, -0.2) is 0 Å². The second kappa shape index (κ2) is 5.49. The first-order chi connectivity index (χ1) is 7.88. The monoisotopic (exact) mass is 240 g/mol. The number of likely N-dealkylation sites (N-methyl/N-ethyl adjacent to an activating group) is 1. The summed E-state index contributed by atoms with van der Waals surface area (Å²) in [6, 6.07) is 0.322. The molecule has 0 saturated carbocycles. The molecule has 0 radical (unpaired) electrons. The Labute approximate surface area is 104 Å². The van der Waals surface area contributed by atoms with Gasteiger partial charge in [-0.05, 0) is 24.5 Å². The molecule has 1 rings (SSSR count). The van der Waals surface area contributed by atoms with E-state index in [0.29, 0.717) is 17.9 Å². The van der Waals surface area contributed by atoms with Gasteiger partial charge in [0.05, 0.1) is 0 Å². The van der Waals surface area contributed by atoms with Gasteiger partial charge in [0, 0.05) is 26.1 Å². The molecule has 0 bridgehead atoms. The molecule has 0 fully saturated rings. The van der Waals surface area contributed by atoms with E-state index >= 15 is 0 Å². The first-order valence-electron chi connectivity index (χ1n) is 6.09. The predicted molar refractivity (Wildman–Crippen MR) is 69.2 cm³/mol. The van der Waals surface area contributed by atoms with Crippen LogP contribution in [0.4, 0.5) is 5.95 Å². The molecule has 0 spiro atoms. The summed E-state index contributed by atoms with van der Waals surface area (Å²) in [6.07, 6.45) is 0.755. The molecule has 1 unspecified atom stereocenters. The largest absolute Gasteiger partial charge is 0.342 e. The third-order valence-corrected chi connectivity index (χ3v) is 3.05. The zero-order valence-electron chi connectivity index (χ0n) is 11.7. The zero-order chi connectivity index (χ0) is 13.1. The number of nitrogens with zero attached hydrogens (tertiary/aromatic N) is 3. The Bertz CT molecular complexity index is 343. The van der Waals surface area contributed by atoms with Crippen LogP contribution in [0.25, 0.3) is 0 Å². The van der Waals surface area contributed by atoms with Crippen LogP contribution < -0.4 is 10.2 Å². The average Bonchev–Trinajstić information content (AvgIpc) is 2.71. The Kier molecular flexibility index (Phi) is 4.51. The van der Waals surface area contributed by atoms with E-state index in [0.717, 1.165) is 13.0 Å². The van der Waals surface area contributed by atoms with E-state index in [9.17, 15) is 0 Å². The molecule has 5 heteroatoms. The second-order valence-corrected chi connectivity index (χ2v) is 5.41. The Morgan fingerprint density at radius 2 is 2.06 bits per heavy atom. The molecule has 1 N–H and O–H groups in total. The highest BCUT2D eigenvalue weighted by atomic mass is 16.5. The molecule has 0 aromatic carbocycles. The normalized spacial score (nSPS) is 13.8. The van der Waals surface area contributed by atoms with Crippen LogP contribution in [0.2, 0.25) is 0 Å². The van der Waals surface area contributed by atoms with Gasteiger partial charge in [0.25, 0.3) is 5.95 Å². The molecule has 1 heterocycles. The van der Waals surface area contributed by atoms with Gasteiger partial charge in [-0.2, -0.15) is 4.98 Å². The van der Waals surface area contributed by atoms with Crippen molar-refractivity contribution < 1.29 is 4.52 Å². The van der Waals surface area contributed by atoms with E-state index in [1.807, 2.05) is 19.0 Å². The van der Waals surface area contributed by atoms with Crippen LogP contribution >= 0.6 is 0 Å². The van der Waals surface area contributed by atoms with E-state index in [1.54, 1.807) is 0 Å². The first kappa shape index (κ1) is 14.0. The molecule has 17 heavy (non-hydrogen) atoms. The third-order valence-electron chi connectivity index (χ3n) is 3.05. The van der Waals surface area contributed by atoms with Crippen molar-refractivity contribution in [3.63, 3.8) is 0 Å². The van der Waals surface area contributed by atoms with Crippen LogP contribution in [0.15, 0.2) is 4.52 Å². The summed E-state index contributed by atoms with van der Waals surface area (Å²) < 4.78 is 5.27. The summed E-state index contributed by atoms with van der Waals surface area (Å²) >= 11 is 0. The maximum absolute atomic E-state index is 5.27. The second-order valence-electron chi connectivity index (χ2n) is 5.41. The van der Waals surface area contributed by atoms with Gasteiger partial charge >= 0.3 is 0 Å². The molecule has 98 valence electrons. The summed E-state index contributed by atoms with van der Waals surface area (Å²) in [6.45, 7) is 9.52. The van der Waals surface area contributed by atoms with Crippen LogP contribution in [0.5, 0.6) is 0 Å². The van der Waals surface area contributed by atoms with Crippen molar-refractivity contribution >= 4 is 5.95 Å². The van der Waals surface area contributed by atoms with Crippen molar-refractivity contribution in [3.05, 3.63) is 5.89 Å². The smallest absolute Gasteiger partial charge is 0.265 e. The Hall–Kier alpha value is -1.10. The predicted octanol–water partition coefficient (Wildman–Crippen LogP) is 1.70. The molecule has 1 atom stereocenters. The number of hydrogen-bond donors (Lipinski definition) is 1. The van der Waals surface area contributed by atoms with Gasteiger partial charge in [0.2, 0.25) is 5.89 Å². The van der Waals surface area contributed by atoms with Crippen molar-refractivity contribution in [3.8, 4) is 0 Å². The van der Waals surface area contributed by atoms with Crippen LogP contribution in [0, 0.1) is 5.41 Å². The standard InChI is InChI=1S/C12H24N4O/c1-7-16(6)11-14-10(17-15-11)8-9(13-5)12(2,3)4/h9,13H,7-8H2,1-6H3. The highest BCUT2D eigenvalue weighted by Crippen LogP contribution is 2.22. The maximum Gasteiger partial charge on any atom is 0.265 e. The highest BCUT2D eigenvalue weighted by Gasteiger charge is 2.25. The average molecular weight is 240 g/mol. The van der Waals surface area contributed by atoms with Crippen molar-refractivity contribution in [2.45, 2.75) is 40.2 Å². The lowest BCUT2D eigenvalue weighted by atomic mass is 9.85. The SMILES string of the molecule is CCN(C)c1noc(CC(NC)C(C)(C)C)n1. The van der Waals surface area contributed by atoms with E-state index < -0.39 is 0 Å². The maximum atomic E-state index is 5.27. The summed E-state index contributed by atoms with van der Waals surface area (Å²) in [5.74, 6) is 1.35. The van der Waals surface area contributed by atoms with Crippen LogP contribution in [-0.4, -0.2) is 36.8 Å². The molecule has 0 aliphatic heterocycles. The fraction of sp³-hybridized carbons (Fsp3) is 0.833. The first-order valence-corrected chi connectivity index (χ1v) is 6.09. The minimum Gasteiger partial charge on any atom is -0.342 e. The van der Waals surface area contributed by atoms with Gasteiger partial charge in [-0.1, -0.05) is 20.8 Å². The van der Waals surface area contributed by atoms with Gasteiger partial charge in [-0.15, -0.1) is 0 Å². The third kappa shape index (κ3) is 3.70. The lowest BCUT2D eigenvalue weighted by molar-refractivity contribution is 0.255. The summed E-state index contributed by atoms with van der Waals surface area (Å²) in [5.41, 5.74) is 0.167. The molecule has 1 aromatic rings.